The highest BCUT2D eigenvalue weighted by atomic mass is 16.5. The lowest BCUT2D eigenvalue weighted by molar-refractivity contribution is -0.151. The lowest BCUT2D eigenvalue weighted by Crippen LogP contribution is -2.47. The van der Waals surface area contributed by atoms with Crippen LogP contribution in [0.15, 0.2) is 42.5 Å². The molecular weight excluding hydrogens is 394 g/mol. The molecule has 7 heteroatoms. The van der Waals surface area contributed by atoms with Gasteiger partial charge in [0.2, 0.25) is 5.91 Å². The molecule has 0 radical (unpaired) electrons. The number of carbonyl (C=O) groups is 3. The second kappa shape index (κ2) is 10.2. The van der Waals surface area contributed by atoms with Crippen LogP contribution in [0, 0.1) is 12.8 Å². The first-order chi connectivity index (χ1) is 14.9. The Morgan fingerprint density at radius 1 is 1.16 bits per heavy atom. The minimum absolute atomic E-state index is 0.0474. The summed E-state index contributed by atoms with van der Waals surface area (Å²) in [7, 11) is 1.61. The molecule has 1 aromatic carbocycles. The number of likely N-dealkylation sites (tertiary alicyclic amines) is 1. The van der Waals surface area contributed by atoms with Crippen LogP contribution in [-0.2, 0) is 14.3 Å². The van der Waals surface area contributed by atoms with Crippen molar-refractivity contribution in [2.24, 2.45) is 5.92 Å². The molecule has 2 amide bonds. The van der Waals surface area contributed by atoms with Crippen molar-refractivity contribution in [2.45, 2.75) is 26.7 Å². The van der Waals surface area contributed by atoms with E-state index in [9.17, 15) is 14.4 Å². The summed E-state index contributed by atoms with van der Waals surface area (Å²) in [6.45, 7) is 4.78. The first-order valence-electron chi connectivity index (χ1n) is 10.6. The van der Waals surface area contributed by atoms with Gasteiger partial charge in [0.05, 0.1) is 36.0 Å². The number of likely N-dealkylation sites (N-methyl/N-ethyl adjacent to an activating group) is 1. The topological polar surface area (TPSA) is 79.8 Å². The Labute approximate surface area is 183 Å². The summed E-state index contributed by atoms with van der Waals surface area (Å²) in [5.74, 6) is -0.978. The molecule has 0 spiro atoms. The lowest BCUT2D eigenvalue weighted by Gasteiger charge is -2.32. The first-order valence-corrected chi connectivity index (χ1v) is 10.6. The fourth-order valence-electron chi connectivity index (χ4n) is 3.79. The number of carbonyl (C=O) groups excluding carboxylic acids is 3. The van der Waals surface area contributed by atoms with E-state index in [0.29, 0.717) is 31.0 Å². The van der Waals surface area contributed by atoms with Crippen LogP contribution >= 0.6 is 0 Å². The third-order valence-corrected chi connectivity index (χ3v) is 5.50. The highest BCUT2D eigenvalue weighted by molar-refractivity contribution is 5.97. The number of esters is 1. The molecule has 0 N–H and O–H groups in total. The van der Waals surface area contributed by atoms with Crippen molar-refractivity contribution in [2.75, 3.05) is 33.3 Å². The van der Waals surface area contributed by atoms with Gasteiger partial charge in [0.15, 0.2) is 0 Å². The molecule has 2 aromatic rings. The number of hydrogen-bond acceptors (Lipinski definition) is 5. The molecule has 1 atom stereocenters. The minimum Gasteiger partial charge on any atom is -0.466 e. The van der Waals surface area contributed by atoms with Crippen molar-refractivity contribution < 1.29 is 19.1 Å². The predicted octanol–water partition coefficient (Wildman–Crippen LogP) is 2.93. The number of piperidine rings is 1. The smallest absolute Gasteiger partial charge is 0.310 e. The Kier molecular flexibility index (Phi) is 7.39. The number of amides is 2. The van der Waals surface area contributed by atoms with Gasteiger partial charge in [-0.3, -0.25) is 19.4 Å². The number of aromatic nitrogens is 1. The molecule has 1 saturated heterocycles. The summed E-state index contributed by atoms with van der Waals surface area (Å²) in [6, 6.07) is 13.3. The van der Waals surface area contributed by atoms with E-state index in [0.717, 1.165) is 24.1 Å². The monoisotopic (exact) mass is 423 g/mol. The molecule has 0 bridgehead atoms. The molecule has 1 aliphatic rings. The number of pyridine rings is 1. The van der Waals surface area contributed by atoms with E-state index in [1.165, 1.54) is 4.90 Å². The molecule has 31 heavy (non-hydrogen) atoms. The van der Waals surface area contributed by atoms with Crippen LogP contribution < -0.4 is 0 Å². The zero-order valence-corrected chi connectivity index (χ0v) is 18.3. The van der Waals surface area contributed by atoms with E-state index >= 15 is 0 Å². The Balaban J connectivity index is 1.63. The molecule has 1 unspecified atom stereocenters. The van der Waals surface area contributed by atoms with E-state index in [1.54, 1.807) is 31.9 Å². The molecule has 3 rings (SSSR count). The predicted molar refractivity (Wildman–Crippen MR) is 117 cm³/mol. The van der Waals surface area contributed by atoms with Gasteiger partial charge in [-0.05, 0) is 38.8 Å². The first kappa shape index (κ1) is 22.5. The van der Waals surface area contributed by atoms with E-state index in [1.807, 2.05) is 36.4 Å². The van der Waals surface area contributed by atoms with Crippen LogP contribution in [0.3, 0.4) is 0 Å². The van der Waals surface area contributed by atoms with E-state index in [2.05, 4.69) is 4.98 Å². The number of hydrogen-bond donors (Lipinski definition) is 0. The Morgan fingerprint density at radius 3 is 2.58 bits per heavy atom. The Morgan fingerprint density at radius 2 is 1.90 bits per heavy atom. The van der Waals surface area contributed by atoms with Gasteiger partial charge >= 0.3 is 5.97 Å². The SMILES string of the molecule is CCOC(=O)C1CCCN(C(=O)CN(C)C(=O)c2ccc(-c3ccccc3)nc2C)C1. The third-order valence-electron chi connectivity index (χ3n) is 5.50. The average molecular weight is 424 g/mol. The van der Waals surface area contributed by atoms with Crippen LogP contribution in [0.25, 0.3) is 11.3 Å². The van der Waals surface area contributed by atoms with Gasteiger partial charge in [0.25, 0.3) is 5.91 Å². The normalized spacial score (nSPS) is 16.0. The van der Waals surface area contributed by atoms with Crippen LogP contribution in [0.2, 0.25) is 0 Å². The number of rotatable bonds is 6. The average Bonchev–Trinajstić information content (AvgIpc) is 2.79. The van der Waals surface area contributed by atoms with Crippen LogP contribution in [0.4, 0.5) is 0 Å². The minimum atomic E-state index is -0.296. The largest absolute Gasteiger partial charge is 0.466 e. The molecular formula is C24H29N3O4. The molecule has 2 heterocycles. The van der Waals surface area contributed by atoms with Gasteiger partial charge in [0.1, 0.15) is 0 Å². The van der Waals surface area contributed by atoms with E-state index in [4.69, 9.17) is 4.74 Å². The van der Waals surface area contributed by atoms with Crippen molar-refractivity contribution in [1.82, 2.24) is 14.8 Å². The number of benzene rings is 1. The van der Waals surface area contributed by atoms with E-state index in [-0.39, 0.29) is 30.2 Å². The van der Waals surface area contributed by atoms with Crippen LogP contribution in [0.5, 0.6) is 0 Å². The standard InChI is InChI=1S/C24H29N3O4/c1-4-31-24(30)19-11-8-14-27(15-19)22(28)16-26(3)23(29)20-12-13-21(25-17(20)2)18-9-6-5-7-10-18/h5-7,9-10,12-13,19H,4,8,11,14-16H2,1-3H3. The highest BCUT2D eigenvalue weighted by Gasteiger charge is 2.30. The van der Waals surface area contributed by atoms with Crippen molar-refractivity contribution >= 4 is 17.8 Å². The fourth-order valence-corrected chi connectivity index (χ4v) is 3.79. The molecule has 0 saturated carbocycles. The van der Waals surface area contributed by atoms with E-state index < -0.39 is 0 Å². The van der Waals surface area contributed by atoms with Crippen LogP contribution in [-0.4, -0.2) is 65.9 Å². The molecule has 7 nitrogen and oxygen atoms in total. The Hall–Kier alpha value is -3.22. The van der Waals surface area contributed by atoms with Crippen molar-refractivity contribution in [3.8, 4) is 11.3 Å². The van der Waals surface area contributed by atoms with Gasteiger partial charge in [-0.2, -0.15) is 0 Å². The Bertz CT molecular complexity index is 945. The van der Waals surface area contributed by atoms with Gasteiger partial charge in [-0.25, -0.2) is 0 Å². The maximum Gasteiger partial charge on any atom is 0.310 e. The quantitative estimate of drug-likeness (QED) is 0.668. The summed E-state index contributed by atoms with van der Waals surface area (Å²) in [6.07, 6.45) is 1.47. The number of aryl methyl sites for hydroxylation is 1. The maximum absolute atomic E-state index is 12.9. The van der Waals surface area contributed by atoms with Gasteiger partial charge < -0.3 is 14.5 Å². The summed E-state index contributed by atoms with van der Waals surface area (Å²) >= 11 is 0. The van der Waals surface area contributed by atoms with Crippen molar-refractivity contribution in [1.29, 1.82) is 0 Å². The van der Waals surface area contributed by atoms with Crippen molar-refractivity contribution in [3.05, 3.63) is 53.7 Å². The zero-order chi connectivity index (χ0) is 22.4. The number of nitrogens with zero attached hydrogens (tertiary/aromatic N) is 3. The second-order valence-electron chi connectivity index (χ2n) is 7.79. The van der Waals surface area contributed by atoms with Crippen molar-refractivity contribution in [3.63, 3.8) is 0 Å². The molecule has 1 aromatic heterocycles. The van der Waals surface area contributed by atoms with Gasteiger partial charge in [0, 0.05) is 25.7 Å². The van der Waals surface area contributed by atoms with Gasteiger partial charge in [-0.1, -0.05) is 30.3 Å². The lowest BCUT2D eigenvalue weighted by atomic mass is 9.98. The fraction of sp³-hybridized carbons (Fsp3) is 0.417. The second-order valence-corrected chi connectivity index (χ2v) is 7.79. The highest BCUT2D eigenvalue weighted by Crippen LogP contribution is 2.20. The summed E-state index contributed by atoms with van der Waals surface area (Å²) in [5.41, 5.74) is 2.87. The number of ether oxygens (including phenoxy) is 1. The molecule has 1 fully saturated rings. The van der Waals surface area contributed by atoms with Crippen LogP contribution in [0.1, 0.15) is 35.8 Å². The summed E-state index contributed by atoms with van der Waals surface area (Å²) < 4.78 is 5.09. The zero-order valence-electron chi connectivity index (χ0n) is 18.3. The maximum atomic E-state index is 12.9. The van der Waals surface area contributed by atoms with Gasteiger partial charge in [-0.15, -0.1) is 0 Å². The molecule has 0 aliphatic carbocycles. The molecule has 164 valence electrons. The third kappa shape index (κ3) is 5.48. The summed E-state index contributed by atoms with van der Waals surface area (Å²) in [4.78, 5) is 45.3. The summed E-state index contributed by atoms with van der Waals surface area (Å²) in [5, 5.41) is 0. The molecule has 1 aliphatic heterocycles.